The van der Waals surface area contributed by atoms with Crippen LogP contribution >= 0.6 is 0 Å². The predicted octanol–water partition coefficient (Wildman–Crippen LogP) is 1.61. The number of piperidine rings is 1. The summed E-state index contributed by atoms with van der Waals surface area (Å²) in [5.41, 5.74) is 1.24. The first-order chi connectivity index (χ1) is 10.3. The minimum Gasteiger partial charge on any atom is -0.493 e. The van der Waals surface area contributed by atoms with E-state index in [2.05, 4.69) is 22.3 Å². The van der Waals surface area contributed by atoms with Crippen molar-refractivity contribution in [2.24, 2.45) is 5.92 Å². The number of nitrogens with one attached hydrogen (secondary N) is 1. The van der Waals surface area contributed by atoms with E-state index < -0.39 is 0 Å². The van der Waals surface area contributed by atoms with Gasteiger partial charge in [-0.15, -0.1) is 0 Å². The topological polar surface area (TPSA) is 43.0 Å². The summed E-state index contributed by atoms with van der Waals surface area (Å²) in [5.74, 6) is 3.13. The van der Waals surface area contributed by atoms with Crippen LogP contribution in [-0.4, -0.2) is 44.5 Å². The van der Waals surface area contributed by atoms with Crippen molar-refractivity contribution in [3.63, 3.8) is 0 Å². The highest BCUT2D eigenvalue weighted by Gasteiger charge is 2.32. The highest BCUT2D eigenvalue weighted by atomic mass is 16.7. The zero-order chi connectivity index (χ0) is 14.2. The third kappa shape index (κ3) is 2.45. The second-order valence-corrected chi connectivity index (χ2v) is 6.17. The zero-order valence-corrected chi connectivity index (χ0v) is 12.4. The number of ether oxygens (including phenoxy) is 3. The van der Waals surface area contributed by atoms with Gasteiger partial charge in [0.05, 0.1) is 7.11 Å². The van der Waals surface area contributed by atoms with E-state index in [1.807, 2.05) is 0 Å². The van der Waals surface area contributed by atoms with Crippen LogP contribution in [0.2, 0.25) is 0 Å². The Hall–Kier alpha value is -1.46. The Balaban J connectivity index is 1.49. The summed E-state index contributed by atoms with van der Waals surface area (Å²) in [6, 6.07) is 4.91. The van der Waals surface area contributed by atoms with Gasteiger partial charge in [-0.05, 0) is 49.5 Å². The molecule has 0 aliphatic carbocycles. The van der Waals surface area contributed by atoms with Crippen LogP contribution in [-0.2, 0) is 6.54 Å². The Kier molecular flexibility index (Phi) is 3.39. The second kappa shape index (κ2) is 5.39. The van der Waals surface area contributed by atoms with Crippen molar-refractivity contribution in [3.05, 3.63) is 17.7 Å². The molecular formula is C16H22N2O3. The van der Waals surface area contributed by atoms with Gasteiger partial charge in [0.15, 0.2) is 11.5 Å². The van der Waals surface area contributed by atoms with E-state index in [1.54, 1.807) is 7.11 Å². The summed E-state index contributed by atoms with van der Waals surface area (Å²) in [4.78, 5) is 2.55. The van der Waals surface area contributed by atoms with E-state index in [0.717, 1.165) is 42.3 Å². The van der Waals surface area contributed by atoms with Crippen molar-refractivity contribution in [2.75, 3.05) is 33.5 Å². The summed E-state index contributed by atoms with van der Waals surface area (Å²) < 4.78 is 16.4. The minimum absolute atomic E-state index is 0.286. The molecule has 0 saturated carbocycles. The molecular weight excluding hydrogens is 268 g/mol. The Labute approximate surface area is 125 Å². The first kappa shape index (κ1) is 13.2. The van der Waals surface area contributed by atoms with E-state index in [9.17, 15) is 0 Å². The van der Waals surface area contributed by atoms with Crippen LogP contribution in [0.15, 0.2) is 12.1 Å². The predicted molar refractivity (Wildman–Crippen MR) is 78.9 cm³/mol. The number of likely N-dealkylation sites (tertiary alicyclic amines) is 1. The lowest BCUT2D eigenvalue weighted by molar-refractivity contribution is 0.155. The lowest BCUT2D eigenvalue weighted by Crippen LogP contribution is -2.43. The largest absolute Gasteiger partial charge is 0.493 e. The van der Waals surface area contributed by atoms with Crippen molar-refractivity contribution >= 4 is 0 Å². The number of hydrogen-bond acceptors (Lipinski definition) is 5. The quantitative estimate of drug-likeness (QED) is 0.916. The maximum absolute atomic E-state index is 5.51. The average Bonchev–Trinajstić information content (AvgIpc) is 3.14. The minimum atomic E-state index is 0.286. The molecule has 3 aliphatic heterocycles. The SMILES string of the molecule is COc1cc(CN2CCC3NCCC3C2)cc2c1OCO2. The lowest BCUT2D eigenvalue weighted by atomic mass is 9.93. The fourth-order valence-corrected chi connectivity index (χ4v) is 3.80. The number of fused-ring (bicyclic) bond motifs is 2. The molecule has 4 rings (SSSR count). The molecule has 0 aromatic heterocycles. The number of hydrogen-bond donors (Lipinski definition) is 1. The molecule has 0 bridgehead atoms. The fraction of sp³-hybridized carbons (Fsp3) is 0.625. The molecule has 3 heterocycles. The molecule has 5 nitrogen and oxygen atoms in total. The molecule has 0 amide bonds. The molecule has 2 atom stereocenters. The summed E-state index contributed by atoms with van der Waals surface area (Å²) in [7, 11) is 1.68. The summed E-state index contributed by atoms with van der Waals surface area (Å²) in [5, 5.41) is 3.61. The molecule has 1 aromatic rings. The van der Waals surface area contributed by atoms with Crippen LogP contribution < -0.4 is 19.5 Å². The van der Waals surface area contributed by atoms with Gasteiger partial charge in [-0.3, -0.25) is 4.90 Å². The molecule has 5 heteroatoms. The molecule has 2 fully saturated rings. The van der Waals surface area contributed by atoms with Gasteiger partial charge in [0, 0.05) is 19.1 Å². The van der Waals surface area contributed by atoms with Crippen molar-refractivity contribution in [2.45, 2.75) is 25.4 Å². The number of methoxy groups -OCH3 is 1. The normalized spacial score (nSPS) is 27.7. The summed E-state index contributed by atoms with van der Waals surface area (Å²) in [6.07, 6.45) is 2.57. The number of nitrogens with zero attached hydrogens (tertiary/aromatic N) is 1. The summed E-state index contributed by atoms with van der Waals surface area (Å²) >= 11 is 0. The van der Waals surface area contributed by atoms with E-state index in [4.69, 9.17) is 14.2 Å². The Bertz CT molecular complexity index is 534. The van der Waals surface area contributed by atoms with Crippen molar-refractivity contribution in [1.29, 1.82) is 0 Å². The van der Waals surface area contributed by atoms with E-state index in [-0.39, 0.29) is 6.79 Å². The van der Waals surface area contributed by atoms with Crippen LogP contribution in [0.5, 0.6) is 17.2 Å². The lowest BCUT2D eigenvalue weighted by Gasteiger charge is -2.34. The van der Waals surface area contributed by atoms with Gasteiger partial charge in [0.25, 0.3) is 0 Å². The molecule has 1 aromatic carbocycles. The second-order valence-electron chi connectivity index (χ2n) is 6.17. The standard InChI is InChI=1S/C16H22N2O3/c1-19-14-6-11(7-15-16(14)21-10-20-15)8-18-5-3-13-12(9-18)2-4-17-13/h6-7,12-13,17H,2-5,8-10H2,1H3. The van der Waals surface area contributed by atoms with E-state index >= 15 is 0 Å². The molecule has 21 heavy (non-hydrogen) atoms. The number of rotatable bonds is 3. The van der Waals surface area contributed by atoms with E-state index in [1.165, 1.54) is 31.5 Å². The van der Waals surface area contributed by atoms with Gasteiger partial charge < -0.3 is 19.5 Å². The monoisotopic (exact) mass is 290 g/mol. The van der Waals surface area contributed by atoms with Crippen LogP contribution in [0.4, 0.5) is 0 Å². The van der Waals surface area contributed by atoms with Gasteiger partial charge in [0.2, 0.25) is 12.5 Å². The average molecular weight is 290 g/mol. The van der Waals surface area contributed by atoms with Gasteiger partial charge in [-0.1, -0.05) is 0 Å². The van der Waals surface area contributed by atoms with Crippen LogP contribution in [0.1, 0.15) is 18.4 Å². The van der Waals surface area contributed by atoms with Crippen LogP contribution in [0.3, 0.4) is 0 Å². The molecule has 0 radical (unpaired) electrons. The summed E-state index contributed by atoms with van der Waals surface area (Å²) in [6.45, 7) is 4.77. The maximum Gasteiger partial charge on any atom is 0.231 e. The van der Waals surface area contributed by atoms with Gasteiger partial charge in [0.1, 0.15) is 0 Å². The van der Waals surface area contributed by atoms with Gasteiger partial charge >= 0.3 is 0 Å². The first-order valence-corrected chi connectivity index (χ1v) is 7.76. The Morgan fingerprint density at radius 2 is 2.29 bits per heavy atom. The van der Waals surface area contributed by atoms with Crippen molar-refractivity contribution in [3.8, 4) is 17.2 Å². The first-order valence-electron chi connectivity index (χ1n) is 7.76. The molecule has 114 valence electrons. The molecule has 0 spiro atoms. The molecule has 2 unspecified atom stereocenters. The third-order valence-corrected chi connectivity index (χ3v) is 4.86. The number of benzene rings is 1. The molecule has 1 N–H and O–H groups in total. The Morgan fingerprint density at radius 3 is 3.19 bits per heavy atom. The molecule has 2 saturated heterocycles. The zero-order valence-electron chi connectivity index (χ0n) is 12.4. The Morgan fingerprint density at radius 1 is 1.33 bits per heavy atom. The maximum atomic E-state index is 5.51. The van der Waals surface area contributed by atoms with Crippen LogP contribution in [0.25, 0.3) is 0 Å². The van der Waals surface area contributed by atoms with E-state index in [0.29, 0.717) is 0 Å². The molecule has 3 aliphatic rings. The highest BCUT2D eigenvalue weighted by Crippen LogP contribution is 2.42. The van der Waals surface area contributed by atoms with Crippen molar-refractivity contribution in [1.82, 2.24) is 10.2 Å². The fourth-order valence-electron chi connectivity index (χ4n) is 3.80. The third-order valence-electron chi connectivity index (χ3n) is 4.86. The van der Waals surface area contributed by atoms with Crippen molar-refractivity contribution < 1.29 is 14.2 Å². The van der Waals surface area contributed by atoms with Gasteiger partial charge in [-0.2, -0.15) is 0 Å². The van der Waals surface area contributed by atoms with Gasteiger partial charge in [-0.25, -0.2) is 0 Å². The highest BCUT2D eigenvalue weighted by molar-refractivity contribution is 5.55. The van der Waals surface area contributed by atoms with Crippen LogP contribution in [0, 0.1) is 5.92 Å². The smallest absolute Gasteiger partial charge is 0.231 e.